The van der Waals surface area contributed by atoms with Gasteiger partial charge in [0.2, 0.25) is 35.8 Å². The molecule has 316 valence electrons. The van der Waals surface area contributed by atoms with Gasteiger partial charge < -0.3 is 35.8 Å². The highest BCUT2D eigenvalue weighted by atomic mass is 19.3. The van der Waals surface area contributed by atoms with Crippen LogP contribution in [0.15, 0.2) is 30.3 Å². The predicted molar refractivity (Wildman–Crippen MR) is 208 cm³/mol. The van der Waals surface area contributed by atoms with Gasteiger partial charge in [-0.1, -0.05) is 84.2 Å². The van der Waals surface area contributed by atoms with Crippen LogP contribution in [-0.4, -0.2) is 109 Å². The first-order valence-corrected chi connectivity index (χ1v) is 19.8. The van der Waals surface area contributed by atoms with E-state index in [-0.39, 0.29) is 18.9 Å². The Hall–Kier alpha value is -4.63. The minimum atomic E-state index is -2.87. The molecule has 5 unspecified atom stereocenters. The van der Waals surface area contributed by atoms with E-state index in [1.165, 1.54) is 23.9 Å². The van der Waals surface area contributed by atoms with Crippen molar-refractivity contribution in [1.29, 1.82) is 0 Å². The number of nitrogens with zero attached hydrogens (tertiary/aromatic N) is 2. The Bertz CT molecular complexity index is 1420. The molecular formula is C40H64F2N6O8. The molecule has 16 heteroatoms. The number of alkyl halides is 2. The zero-order chi connectivity index (χ0) is 42.5. The van der Waals surface area contributed by atoms with Gasteiger partial charge in [-0.2, -0.15) is 0 Å². The zero-order valence-corrected chi connectivity index (χ0v) is 34.5. The maximum atomic E-state index is 14.0. The van der Waals surface area contributed by atoms with Crippen LogP contribution in [0.25, 0.3) is 0 Å². The van der Waals surface area contributed by atoms with Crippen molar-refractivity contribution in [3.8, 4) is 0 Å². The molecule has 1 aliphatic carbocycles. The van der Waals surface area contributed by atoms with E-state index in [9.17, 15) is 42.3 Å². The van der Waals surface area contributed by atoms with Crippen LogP contribution in [-0.2, 0) is 33.5 Å². The number of rotatable bonds is 16. The lowest BCUT2D eigenvalue weighted by molar-refractivity contribution is -0.144. The van der Waals surface area contributed by atoms with Crippen molar-refractivity contribution in [3.63, 3.8) is 0 Å². The van der Waals surface area contributed by atoms with E-state index in [2.05, 4.69) is 21.3 Å². The fourth-order valence-corrected chi connectivity index (χ4v) is 6.49. The first-order chi connectivity index (χ1) is 26.6. The number of carbonyl (C=O) groups is 7. The summed E-state index contributed by atoms with van der Waals surface area (Å²) in [6, 6.07) is 3.56. The van der Waals surface area contributed by atoms with Gasteiger partial charge in [-0.05, 0) is 57.4 Å². The van der Waals surface area contributed by atoms with Crippen molar-refractivity contribution >= 4 is 41.4 Å². The van der Waals surface area contributed by atoms with E-state index in [0.717, 1.165) is 26.2 Å². The molecule has 0 aromatic heterocycles. The molecule has 1 saturated heterocycles. The number of benzene rings is 1. The standard InChI is InChI=1S/C36H52F2N6O8.2C2H6/c1-21(2)52-36(51)42-29(24-15-10-7-11-16-24)35(50)44-18-12-17-26(44)32(47)40-25(19-22(3)31(37)38)30(46)33(48)39-20-27(45)41-28(34(49)43(4)5)23-13-8-6-9-14-23;2*1-2/h6,8-9,13-14,21-22,24-26,28-29,31H,7,10-12,15-20H2,1-5H3,(H,39,48)(H,40,47)(H,41,45)(H,42,51);2*1-2H3. The van der Waals surface area contributed by atoms with E-state index in [1.54, 1.807) is 44.2 Å². The second kappa shape index (κ2) is 25.5. The summed E-state index contributed by atoms with van der Waals surface area (Å²) in [6.07, 6.45) is 0.107. The van der Waals surface area contributed by atoms with Crippen LogP contribution >= 0.6 is 0 Å². The number of ketones is 1. The number of amides is 6. The maximum absolute atomic E-state index is 14.0. The zero-order valence-electron chi connectivity index (χ0n) is 34.5. The lowest BCUT2D eigenvalue weighted by Crippen LogP contribution is -2.58. The molecule has 0 radical (unpaired) electrons. The number of nitrogens with one attached hydrogen (secondary N) is 4. The van der Waals surface area contributed by atoms with Gasteiger partial charge in [0.1, 0.15) is 18.1 Å². The van der Waals surface area contributed by atoms with Gasteiger partial charge in [-0.15, -0.1) is 0 Å². The summed E-state index contributed by atoms with van der Waals surface area (Å²) in [6.45, 7) is 12.0. The van der Waals surface area contributed by atoms with Gasteiger partial charge in [0.05, 0.1) is 18.7 Å². The number of hydrogen-bond donors (Lipinski definition) is 4. The first-order valence-electron chi connectivity index (χ1n) is 19.8. The Morgan fingerprint density at radius 2 is 1.45 bits per heavy atom. The molecule has 0 bridgehead atoms. The molecule has 5 atom stereocenters. The minimum Gasteiger partial charge on any atom is -0.447 e. The molecule has 2 aliphatic rings. The van der Waals surface area contributed by atoms with Crippen LogP contribution in [0.1, 0.15) is 111 Å². The van der Waals surface area contributed by atoms with E-state index in [4.69, 9.17) is 4.74 Å². The maximum Gasteiger partial charge on any atom is 0.408 e. The SMILES string of the molecule is CC.CC.CC(C)OC(=O)NC(C(=O)N1CCCC1C(=O)NC(CC(C)C(F)F)C(=O)C(=O)NCC(=O)NC(C(=O)N(C)C)c1ccccc1)C1CCCCC1. The summed E-state index contributed by atoms with van der Waals surface area (Å²) in [5.41, 5.74) is 0.483. The topological polar surface area (TPSA) is 183 Å². The fourth-order valence-electron chi connectivity index (χ4n) is 6.49. The number of halogens is 2. The van der Waals surface area contributed by atoms with Crippen molar-refractivity contribution in [3.05, 3.63) is 35.9 Å². The molecule has 0 spiro atoms. The molecule has 2 fully saturated rings. The molecule has 14 nitrogen and oxygen atoms in total. The number of alkyl carbamates (subject to hydrolysis) is 1. The minimum absolute atomic E-state index is 0.184. The highest BCUT2D eigenvalue weighted by Crippen LogP contribution is 2.30. The van der Waals surface area contributed by atoms with Crippen LogP contribution in [0.4, 0.5) is 13.6 Å². The second-order valence-corrected chi connectivity index (χ2v) is 14.0. The Morgan fingerprint density at radius 3 is 2.00 bits per heavy atom. The van der Waals surface area contributed by atoms with Crippen molar-refractivity contribution in [2.24, 2.45) is 11.8 Å². The van der Waals surface area contributed by atoms with E-state index in [0.29, 0.717) is 24.8 Å². The number of likely N-dealkylation sites (N-methyl/N-ethyl adjacent to an activating group) is 1. The van der Waals surface area contributed by atoms with Gasteiger partial charge in [0, 0.05) is 26.6 Å². The summed E-state index contributed by atoms with van der Waals surface area (Å²) in [4.78, 5) is 94.7. The molecule has 6 amide bonds. The molecule has 1 heterocycles. The summed E-state index contributed by atoms with van der Waals surface area (Å²) >= 11 is 0. The summed E-state index contributed by atoms with van der Waals surface area (Å²) < 4.78 is 32.5. The third kappa shape index (κ3) is 15.5. The Balaban J connectivity index is 0.00000379. The largest absolute Gasteiger partial charge is 0.447 e. The Kier molecular flexibility index (Phi) is 22.5. The average Bonchev–Trinajstić information content (AvgIpc) is 3.69. The van der Waals surface area contributed by atoms with Gasteiger partial charge in [-0.3, -0.25) is 28.8 Å². The molecule has 4 N–H and O–H groups in total. The van der Waals surface area contributed by atoms with Crippen molar-refractivity contribution in [2.75, 3.05) is 27.2 Å². The smallest absolute Gasteiger partial charge is 0.408 e. The van der Waals surface area contributed by atoms with Crippen LogP contribution < -0.4 is 21.3 Å². The van der Waals surface area contributed by atoms with Crippen LogP contribution in [0.5, 0.6) is 0 Å². The highest BCUT2D eigenvalue weighted by Gasteiger charge is 2.42. The number of carbonyl (C=O) groups excluding carboxylic acids is 7. The average molecular weight is 795 g/mol. The molecular weight excluding hydrogens is 730 g/mol. The van der Waals surface area contributed by atoms with Gasteiger partial charge in [0.15, 0.2) is 0 Å². The second-order valence-electron chi connectivity index (χ2n) is 14.0. The van der Waals surface area contributed by atoms with Crippen LogP contribution in [0.2, 0.25) is 0 Å². The number of likely N-dealkylation sites (tertiary alicyclic amines) is 1. The summed E-state index contributed by atoms with van der Waals surface area (Å²) in [7, 11) is 3.02. The number of hydrogen-bond acceptors (Lipinski definition) is 8. The van der Waals surface area contributed by atoms with Gasteiger partial charge in [0.25, 0.3) is 5.91 Å². The molecule has 3 rings (SSSR count). The van der Waals surface area contributed by atoms with E-state index >= 15 is 0 Å². The fraction of sp³-hybridized carbons (Fsp3) is 0.675. The van der Waals surface area contributed by atoms with Gasteiger partial charge in [-0.25, -0.2) is 13.6 Å². The highest BCUT2D eigenvalue weighted by molar-refractivity contribution is 6.38. The lowest BCUT2D eigenvalue weighted by Gasteiger charge is -2.34. The predicted octanol–water partition coefficient (Wildman–Crippen LogP) is 4.52. The summed E-state index contributed by atoms with van der Waals surface area (Å²) in [5.74, 6) is -6.69. The van der Waals surface area contributed by atoms with Crippen molar-refractivity contribution in [1.82, 2.24) is 31.1 Å². The van der Waals surface area contributed by atoms with Crippen molar-refractivity contribution in [2.45, 2.75) is 137 Å². The van der Waals surface area contributed by atoms with E-state index < -0.39 is 97.0 Å². The number of ether oxygens (including phenoxy) is 1. The van der Waals surface area contributed by atoms with Gasteiger partial charge >= 0.3 is 6.09 Å². The molecule has 1 saturated carbocycles. The lowest BCUT2D eigenvalue weighted by atomic mass is 9.83. The Morgan fingerprint density at radius 1 is 0.839 bits per heavy atom. The molecule has 56 heavy (non-hydrogen) atoms. The molecule has 1 aromatic carbocycles. The van der Waals surface area contributed by atoms with E-state index in [1.807, 2.05) is 27.7 Å². The van der Waals surface area contributed by atoms with Crippen LogP contribution in [0, 0.1) is 11.8 Å². The normalized spacial score (nSPS) is 17.4. The quantitative estimate of drug-likeness (QED) is 0.176. The first kappa shape index (κ1) is 49.4. The van der Waals surface area contributed by atoms with Crippen LogP contribution in [0.3, 0.4) is 0 Å². The summed E-state index contributed by atoms with van der Waals surface area (Å²) in [5, 5.41) is 9.81. The van der Waals surface area contributed by atoms with Crippen molar-refractivity contribution < 1.29 is 47.1 Å². The Labute approximate surface area is 330 Å². The molecule has 1 aliphatic heterocycles. The third-order valence-corrected chi connectivity index (χ3v) is 9.27. The third-order valence-electron chi connectivity index (χ3n) is 9.27. The number of Topliss-reactive ketones (excluding diaryl/α,β-unsaturated/α-hetero) is 1. The molecule has 1 aromatic rings. The monoisotopic (exact) mass is 794 g/mol.